The van der Waals surface area contributed by atoms with E-state index in [0.29, 0.717) is 31.2 Å². The first kappa shape index (κ1) is 60.7. The number of allylic oxidation sites excluding steroid dienone is 2. The van der Waals surface area contributed by atoms with E-state index in [0.717, 1.165) is 38.0 Å². The summed E-state index contributed by atoms with van der Waals surface area (Å²) in [6, 6.07) is 4.43. The number of aliphatic hydroxyl groups is 10. The first-order chi connectivity index (χ1) is 37.5. The lowest BCUT2D eigenvalue weighted by molar-refractivity contribution is -0.324. The molecule has 0 aromatic heterocycles. The summed E-state index contributed by atoms with van der Waals surface area (Å²) >= 11 is 0. The van der Waals surface area contributed by atoms with Crippen LogP contribution in [0.5, 0.6) is 11.5 Å². The highest BCUT2D eigenvalue weighted by Gasteiger charge is 2.72. The van der Waals surface area contributed by atoms with E-state index in [2.05, 4.69) is 54.5 Å². The molecule has 10 N–H and O–H groups in total. The van der Waals surface area contributed by atoms with Crippen molar-refractivity contribution >= 4 is 24.0 Å². The van der Waals surface area contributed by atoms with Crippen molar-refractivity contribution in [3.05, 3.63) is 41.5 Å². The number of esters is 3. The third kappa shape index (κ3) is 10.1. The number of hydrogen-bond donors (Lipinski definition) is 10. The standard InChI is InChI=1S/C58H84O22/c1-53(2)20-21-58(52(71)80-51-47(39(63)30(60)26-74-51)78-38(62)15-11-27-10-13-31(32(22-27)72-8)75-49-44(68)41(65)40(64)33(25-59)76-49)29(23-53)28-12-14-35-55(5)18-17-37(77-50-45(69)42(66)43(67)46(79-50)48(70)73-9)54(3,4)34(55)16-19-56(35,6)57(28,7)24-36(58)61/h10-13,15,22,29-30,33-37,39-47,49-51,59-61,63-69H,14,16-21,23-26H2,1-9H3/b15-11+/t29-,30-,33-,34+,35+,36+,37+,39-,40+,41-,42+,43+,44+,45-,46+,47-,49+,50-,51-,55+,56-,57+,58-/m0/s1. The van der Waals surface area contributed by atoms with Crippen LogP contribution in [-0.2, 0) is 47.5 Å². The van der Waals surface area contributed by atoms with Crippen LogP contribution in [0.3, 0.4) is 0 Å². The molecule has 0 radical (unpaired) electrons. The normalized spacial score (nSPS) is 45.8. The number of methoxy groups -OCH3 is 2. The third-order valence-corrected chi connectivity index (χ3v) is 20.9. The molecule has 0 amide bonds. The van der Waals surface area contributed by atoms with Crippen LogP contribution in [0.4, 0.5) is 0 Å². The van der Waals surface area contributed by atoms with Crippen molar-refractivity contribution in [1.29, 1.82) is 0 Å². The molecule has 22 heteroatoms. The Kier molecular flexibility index (Phi) is 16.9. The van der Waals surface area contributed by atoms with Gasteiger partial charge in [0.1, 0.15) is 60.4 Å². The smallest absolute Gasteiger partial charge is 0.337 e. The zero-order chi connectivity index (χ0) is 58.4. The van der Waals surface area contributed by atoms with Crippen molar-refractivity contribution in [3.8, 4) is 11.5 Å². The largest absolute Gasteiger partial charge is 0.493 e. The van der Waals surface area contributed by atoms with Gasteiger partial charge in [-0.25, -0.2) is 9.59 Å². The minimum Gasteiger partial charge on any atom is -0.493 e. The molecule has 3 saturated heterocycles. The fourth-order valence-electron chi connectivity index (χ4n) is 16.1. The van der Waals surface area contributed by atoms with Gasteiger partial charge in [0.25, 0.3) is 0 Å². The van der Waals surface area contributed by atoms with Crippen LogP contribution in [0.2, 0.25) is 0 Å². The van der Waals surface area contributed by atoms with Crippen molar-refractivity contribution in [2.75, 3.05) is 27.4 Å². The fraction of sp³-hybridized carbons (Fsp3) is 0.776. The summed E-state index contributed by atoms with van der Waals surface area (Å²) in [7, 11) is 2.48. The van der Waals surface area contributed by atoms with E-state index in [1.165, 1.54) is 31.4 Å². The molecule has 448 valence electrons. The molecule has 1 aromatic rings. The average Bonchev–Trinajstić information content (AvgIpc) is 3.61. The van der Waals surface area contributed by atoms with Gasteiger partial charge in [-0.2, -0.15) is 0 Å². The Morgan fingerprint density at radius 2 is 1.43 bits per heavy atom. The summed E-state index contributed by atoms with van der Waals surface area (Å²) in [4.78, 5) is 41.3. The van der Waals surface area contributed by atoms with Gasteiger partial charge in [-0.05, 0) is 126 Å². The maximum Gasteiger partial charge on any atom is 0.337 e. The van der Waals surface area contributed by atoms with Gasteiger partial charge in [0.05, 0.1) is 39.6 Å². The Balaban J connectivity index is 0.921. The van der Waals surface area contributed by atoms with E-state index in [-0.39, 0.29) is 52.4 Å². The summed E-state index contributed by atoms with van der Waals surface area (Å²) in [5.74, 6) is -2.69. The zero-order valence-electron chi connectivity index (χ0n) is 47.1. The van der Waals surface area contributed by atoms with Gasteiger partial charge in [-0.15, -0.1) is 0 Å². The Morgan fingerprint density at radius 1 is 0.725 bits per heavy atom. The van der Waals surface area contributed by atoms with Gasteiger partial charge >= 0.3 is 17.9 Å². The van der Waals surface area contributed by atoms with E-state index < -0.39 is 152 Å². The number of carbonyl (C=O) groups is 3. The highest BCUT2D eigenvalue weighted by atomic mass is 16.7. The molecule has 23 atom stereocenters. The molecule has 3 heterocycles. The molecule has 0 spiro atoms. The van der Waals surface area contributed by atoms with Crippen molar-refractivity contribution in [2.24, 2.45) is 50.2 Å². The number of ether oxygens (including phenoxy) is 9. The molecule has 3 aliphatic heterocycles. The second-order valence-electron chi connectivity index (χ2n) is 26.0. The number of carbonyl (C=O) groups excluding carboxylic acids is 3. The molecule has 8 aliphatic rings. The molecule has 1 aromatic carbocycles. The summed E-state index contributed by atoms with van der Waals surface area (Å²) < 4.78 is 51.5. The van der Waals surface area contributed by atoms with E-state index >= 15 is 4.79 Å². The van der Waals surface area contributed by atoms with Crippen LogP contribution in [0, 0.1) is 50.2 Å². The van der Waals surface area contributed by atoms with Crippen molar-refractivity contribution < 1.29 is 108 Å². The summed E-state index contributed by atoms with van der Waals surface area (Å²) in [6.45, 7) is 14.4. The second kappa shape index (κ2) is 22.3. The van der Waals surface area contributed by atoms with Crippen LogP contribution in [-0.4, -0.2) is 195 Å². The second-order valence-corrected chi connectivity index (χ2v) is 26.0. The summed E-state index contributed by atoms with van der Waals surface area (Å²) in [5, 5.41) is 108. The zero-order valence-corrected chi connectivity index (χ0v) is 47.1. The summed E-state index contributed by atoms with van der Waals surface area (Å²) in [5.41, 5.74) is -1.83. The molecule has 4 saturated carbocycles. The fourth-order valence-corrected chi connectivity index (χ4v) is 16.1. The quantitative estimate of drug-likeness (QED) is 0.0467. The van der Waals surface area contributed by atoms with Crippen LogP contribution in [0.15, 0.2) is 35.9 Å². The van der Waals surface area contributed by atoms with Gasteiger partial charge in [-0.3, -0.25) is 4.79 Å². The average molecular weight is 1130 g/mol. The molecule has 22 nitrogen and oxygen atoms in total. The van der Waals surface area contributed by atoms with E-state index in [9.17, 15) is 60.7 Å². The molecule has 7 fully saturated rings. The van der Waals surface area contributed by atoms with Crippen LogP contribution >= 0.6 is 0 Å². The van der Waals surface area contributed by atoms with Crippen molar-refractivity contribution in [3.63, 3.8) is 0 Å². The molecule has 0 unspecified atom stereocenters. The molecule has 80 heavy (non-hydrogen) atoms. The minimum atomic E-state index is -1.73. The number of aliphatic hydroxyl groups excluding tert-OH is 10. The molecular weight excluding hydrogens is 1050 g/mol. The first-order valence-corrected chi connectivity index (χ1v) is 28.1. The SMILES string of the molecule is COC(=O)[C@@H]1O[C@H](O[C@@H]2CC[C@]3(C)[C@H](CC[C@@]4(C)[C@@H]3CC=C3[C@@H]5CC(C)(C)CC[C@@]5(C(=O)O[C@@H]5OC[C@H](O)[C@H](O)[C@@H]5OC(=O)/C=C/c5ccc(O[C@@H]6O[C@@H](CO)[C@@H](O)[C@H](O)[C@H]6O)c(OC)c5)[C@H](O)C[C@]34C)C2(C)C)[C@@H](O)[C@H](O)[C@H]1O. The molecule has 9 rings (SSSR count). The first-order valence-electron chi connectivity index (χ1n) is 28.1. The van der Waals surface area contributed by atoms with Crippen LogP contribution in [0.1, 0.15) is 112 Å². The Bertz CT molecular complexity index is 2520. The number of hydrogen-bond acceptors (Lipinski definition) is 22. The number of benzene rings is 1. The lowest BCUT2D eigenvalue weighted by Crippen LogP contribution is -2.68. The summed E-state index contributed by atoms with van der Waals surface area (Å²) in [6.07, 6.45) is -13.8. The van der Waals surface area contributed by atoms with Gasteiger partial charge < -0.3 is 93.7 Å². The number of rotatable bonds is 12. The lowest BCUT2D eigenvalue weighted by Gasteiger charge is -2.71. The van der Waals surface area contributed by atoms with Crippen LogP contribution < -0.4 is 9.47 Å². The topological polar surface area (TPSA) is 337 Å². The Labute approximate surface area is 465 Å². The van der Waals surface area contributed by atoms with Gasteiger partial charge in [-0.1, -0.05) is 66.2 Å². The predicted molar refractivity (Wildman–Crippen MR) is 278 cm³/mol. The van der Waals surface area contributed by atoms with Crippen molar-refractivity contribution in [2.45, 2.75) is 204 Å². The maximum absolute atomic E-state index is 15.3. The third-order valence-electron chi connectivity index (χ3n) is 20.9. The van der Waals surface area contributed by atoms with Crippen molar-refractivity contribution in [1.82, 2.24) is 0 Å². The van der Waals surface area contributed by atoms with Gasteiger partial charge in [0.2, 0.25) is 12.6 Å². The van der Waals surface area contributed by atoms with E-state index in [4.69, 9.17) is 42.6 Å². The van der Waals surface area contributed by atoms with Crippen LogP contribution in [0.25, 0.3) is 6.08 Å². The Hall–Kier alpha value is -3.85. The Morgan fingerprint density at radius 3 is 2.11 bits per heavy atom. The molecule has 5 aliphatic carbocycles. The molecular formula is C58H84O22. The maximum atomic E-state index is 15.3. The van der Waals surface area contributed by atoms with E-state index in [1.54, 1.807) is 0 Å². The number of fused-ring (bicyclic) bond motifs is 7. The van der Waals surface area contributed by atoms with Gasteiger partial charge in [0, 0.05) is 6.08 Å². The monoisotopic (exact) mass is 1130 g/mol. The van der Waals surface area contributed by atoms with E-state index in [1.807, 2.05) is 0 Å². The predicted octanol–water partition coefficient (Wildman–Crippen LogP) is 1.56. The lowest BCUT2D eigenvalue weighted by atomic mass is 9.33. The highest BCUT2D eigenvalue weighted by molar-refractivity contribution is 5.87. The molecule has 0 bridgehead atoms. The minimum absolute atomic E-state index is 0.0541. The van der Waals surface area contributed by atoms with Gasteiger partial charge in [0.15, 0.2) is 30.0 Å². The highest BCUT2D eigenvalue weighted by Crippen LogP contribution is 2.76.